The van der Waals surface area contributed by atoms with Gasteiger partial charge in [0.05, 0.1) is 0 Å². The molecule has 0 radical (unpaired) electrons. The zero-order valence-electron chi connectivity index (χ0n) is 10.3. The van der Waals surface area contributed by atoms with Crippen LogP contribution in [0.5, 0.6) is 0 Å². The maximum Gasteiger partial charge on any atom is 0.151 e. The first kappa shape index (κ1) is 11.4. The quantitative estimate of drug-likeness (QED) is 0.782. The molecule has 1 aliphatic rings. The molecule has 0 bridgehead atoms. The fourth-order valence-corrected chi connectivity index (χ4v) is 2.53. The number of nitrogens with zero attached hydrogens (tertiary/aromatic N) is 3. The second-order valence-electron chi connectivity index (χ2n) is 5.14. The lowest BCUT2D eigenvalue weighted by molar-refractivity contribution is 0.337. The summed E-state index contributed by atoms with van der Waals surface area (Å²) in [5.74, 6) is 2.77. The van der Waals surface area contributed by atoms with Gasteiger partial charge in [-0.1, -0.05) is 13.8 Å². The van der Waals surface area contributed by atoms with E-state index in [9.17, 15) is 0 Å². The molecule has 1 fully saturated rings. The molecule has 0 atom stereocenters. The topological polar surface area (TPSA) is 29.0 Å². The maximum atomic E-state index is 4.16. The minimum atomic E-state index is 0.827. The zero-order valence-corrected chi connectivity index (χ0v) is 10.3. The molecule has 0 aromatic carbocycles. The van der Waals surface area contributed by atoms with E-state index in [2.05, 4.69) is 35.0 Å². The SMILES string of the molecule is CC(C)CC1CCN(c2cccnn2)CC1. The number of piperidine rings is 1. The molecule has 0 spiro atoms. The molecule has 88 valence electrons. The van der Waals surface area contributed by atoms with E-state index in [1.807, 2.05) is 6.07 Å². The fourth-order valence-electron chi connectivity index (χ4n) is 2.53. The van der Waals surface area contributed by atoms with Crippen molar-refractivity contribution in [3.63, 3.8) is 0 Å². The number of hydrogen-bond donors (Lipinski definition) is 0. The average molecular weight is 219 g/mol. The van der Waals surface area contributed by atoms with Crippen molar-refractivity contribution in [1.29, 1.82) is 0 Å². The summed E-state index contributed by atoms with van der Waals surface area (Å²) >= 11 is 0. The molecule has 1 aromatic rings. The van der Waals surface area contributed by atoms with E-state index in [4.69, 9.17) is 0 Å². The first-order chi connectivity index (χ1) is 7.75. The first-order valence-electron chi connectivity index (χ1n) is 6.28. The summed E-state index contributed by atoms with van der Waals surface area (Å²) in [6.07, 6.45) is 5.70. The van der Waals surface area contributed by atoms with Crippen LogP contribution in [-0.4, -0.2) is 23.3 Å². The van der Waals surface area contributed by atoms with E-state index in [0.29, 0.717) is 0 Å². The normalized spacial score (nSPS) is 18.1. The van der Waals surface area contributed by atoms with Crippen LogP contribution in [0, 0.1) is 11.8 Å². The molecule has 1 saturated heterocycles. The van der Waals surface area contributed by atoms with Crippen LogP contribution in [-0.2, 0) is 0 Å². The van der Waals surface area contributed by atoms with Gasteiger partial charge in [0.15, 0.2) is 5.82 Å². The van der Waals surface area contributed by atoms with Gasteiger partial charge in [0.25, 0.3) is 0 Å². The second-order valence-corrected chi connectivity index (χ2v) is 5.14. The predicted molar refractivity (Wildman–Crippen MR) is 66.4 cm³/mol. The molecule has 3 nitrogen and oxygen atoms in total. The van der Waals surface area contributed by atoms with Crippen LogP contribution in [0.3, 0.4) is 0 Å². The maximum absolute atomic E-state index is 4.16. The van der Waals surface area contributed by atoms with Crippen molar-refractivity contribution in [2.75, 3.05) is 18.0 Å². The van der Waals surface area contributed by atoms with Crippen molar-refractivity contribution < 1.29 is 0 Å². The van der Waals surface area contributed by atoms with E-state index in [-0.39, 0.29) is 0 Å². The second kappa shape index (κ2) is 5.28. The molecule has 16 heavy (non-hydrogen) atoms. The summed E-state index contributed by atoms with van der Waals surface area (Å²) in [4.78, 5) is 2.35. The summed E-state index contributed by atoms with van der Waals surface area (Å²) in [5, 5.41) is 8.10. The van der Waals surface area contributed by atoms with Gasteiger partial charge in [-0.25, -0.2) is 0 Å². The molecule has 1 aromatic heterocycles. The molecular weight excluding hydrogens is 198 g/mol. The molecule has 2 heterocycles. The minimum Gasteiger partial charge on any atom is -0.355 e. The van der Waals surface area contributed by atoms with E-state index in [1.54, 1.807) is 6.20 Å². The van der Waals surface area contributed by atoms with E-state index in [1.165, 1.54) is 19.3 Å². The Bertz CT molecular complexity index is 302. The van der Waals surface area contributed by atoms with Crippen LogP contribution in [0.4, 0.5) is 5.82 Å². The summed E-state index contributed by atoms with van der Waals surface area (Å²) in [6.45, 7) is 6.90. The highest BCUT2D eigenvalue weighted by Gasteiger charge is 2.20. The van der Waals surface area contributed by atoms with Gasteiger partial charge >= 0.3 is 0 Å². The summed E-state index contributed by atoms with van der Waals surface area (Å²) < 4.78 is 0. The van der Waals surface area contributed by atoms with Gasteiger partial charge in [0, 0.05) is 19.3 Å². The Morgan fingerprint density at radius 1 is 1.38 bits per heavy atom. The van der Waals surface area contributed by atoms with Crippen LogP contribution in [0.15, 0.2) is 18.3 Å². The molecular formula is C13H21N3. The number of aromatic nitrogens is 2. The highest BCUT2D eigenvalue weighted by molar-refractivity contribution is 5.36. The van der Waals surface area contributed by atoms with Crippen molar-refractivity contribution in [2.45, 2.75) is 33.1 Å². The lowest BCUT2D eigenvalue weighted by Crippen LogP contribution is -2.34. The standard InChI is InChI=1S/C13H21N3/c1-11(2)10-12-5-8-16(9-6-12)13-4-3-7-14-15-13/h3-4,7,11-12H,5-6,8-10H2,1-2H3. The Morgan fingerprint density at radius 3 is 2.69 bits per heavy atom. The lowest BCUT2D eigenvalue weighted by Gasteiger charge is -2.33. The molecule has 0 N–H and O–H groups in total. The van der Waals surface area contributed by atoms with Crippen molar-refractivity contribution in [3.05, 3.63) is 18.3 Å². The Balaban J connectivity index is 1.86. The zero-order chi connectivity index (χ0) is 11.4. The van der Waals surface area contributed by atoms with E-state index < -0.39 is 0 Å². The smallest absolute Gasteiger partial charge is 0.151 e. The van der Waals surface area contributed by atoms with Crippen LogP contribution >= 0.6 is 0 Å². The van der Waals surface area contributed by atoms with Gasteiger partial charge in [-0.15, -0.1) is 5.10 Å². The van der Waals surface area contributed by atoms with Gasteiger partial charge in [0.2, 0.25) is 0 Å². The van der Waals surface area contributed by atoms with Crippen LogP contribution in [0.1, 0.15) is 33.1 Å². The molecule has 2 rings (SSSR count). The number of anilines is 1. The third kappa shape index (κ3) is 2.94. The Labute approximate surface area is 97.9 Å². The Morgan fingerprint density at radius 2 is 2.12 bits per heavy atom. The Kier molecular flexibility index (Phi) is 3.75. The molecule has 0 saturated carbocycles. The summed E-state index contributed by atoms with van der Waals surface area (Å²) in [7, 11) is 0. The van der Waals surface area contributed by atoms with Crippen LogP contribution < -0.4 is 4.90 Å². The van der Waals surface area contributed by atoms with Crippen molar-refractivity contribution in [1.82, 2.24) is 10.2 Å². The summed E-state index contributed by atoms with van der Waals surface area (Å²) in [6, 6.07) is 4.01. The number of rotatable bonds is 3. The third-order valence-electron chi connectivity index (χ3n) is 3.30. The predicted octanol–water partition coefficient (Wildman–Crippen LogP) is 2.74. The third-order valence-corrected chi connectivity index (χ3v) is 3.30. The van der Waals surface area contributed by atoms with Gasteiger partial charge in [-0.2, -0.15) is 5.10 Å². The molecule has 0 aliphatic carbocycles. The largest absolute Gasteiger partial charge is 0.355 e. The van der Waals surface area contributed by atoms with Gasteiger partial charge in [-0.05, 0) is 43.2 Å². The van der Waals surface area contributed by atoms with Crippen molar-refractivity contribution in [2.24, 2.45) is 11.8 Å². The van der Waals surface area contributed by atoms with Crippen LogP contribution in [0.25, 0.3) is 0 Å². The lowest BCUT2D eigenvalue weighted by atomic mass is 9.89. The van der Waals surface area contributed by atoms with Gasteiger partial charge in [-0.3, -0.25) is 0 Å². The van der Waals surface area contributed by atoms with Gasteiger partial charge < -0.3 is 4.90 Å². The average Bonchev–Trinajstić information content (AvgIpc) is 2.30. The Hall–Kier alpha value is -1.12. The molecule has 3 heteroatoms. The fraction of sp³-hybridized carbons (Fsp3) is 0.692. The molecule has 1 aliphatic heterocycles. The van der Waals surface area contributed by atoms with E-state index in [0.717, 1.165) is 30.7 Å². The highest BCUT2D eigenvalue weighted by atomic mass is 15.3. The van der Waals surface area contributed by atoms with Crippen LogP contribution in [0.2, 0.25) is 0 Å². The minimum absolute atomic E-state index is 0.827. The van der Waals surface area contributed by atoms with Gasteiger partial charge in [0.1, 0.15) is 0 Å². The van der Waals surface area contributed by atoms with Crippen molar-refractivity contribution in [3.8, 4) is 0 Å². The summed E-state index contributed by atoms with van der Waals surface area (Å²) in [5.41, 5.74) is 0. The van der Waals surface area contributed by atoms with Crippen molar-refractivity contribution >= 4 is 5.82 Å². The number of hydrogen-bond acceptors (Lipinski definition) is 3. The van der Waals surface area contributed by atoms with E-state index >= 15 is 0 Å². The molecule has 0 unspecified atom stereocenters. The first-order valence-corrected chi connectivity index (χ1v) is 6.28. The highest BCUT2D eigenvalue weighted by Crippen LogP contribution is 2.25. The molecule has 0 amide bonds. The monoisotopic (exact) mass is 219 g/mol.